The number of hydrogen-bond donors (Lipinski definition) is 1. The van der Waals surface area contributed by atoms with Crippen molar-refractivity contribution in [3.05, 3.63) is 65.7 Å². The summed E-state index contributed by atoms with van der Waals surface area (Å²) >= 11 is 0. The van der Waals surface area contributed by atoms with Gasteiger partial charge in [-0.25, -0.2) is 9.78 Å². The van der Waals surface area contributed by atoms with Crippen LogP contribution in [-0.2, 0) is 24.0 Å². The molecule has 9 nitrogen and oxygen atoms in total. The van der Waals surface area contributed by atoms with Gasteiger partial charge in [-0.15, -0.1) is 0 Å². The Bertz CT molecular complexity index is 1340. The van der Waals surface area contributed by atoms with Gasteiger partial charge in [0.2, 0.25) is 5.79 Å². The number of fused-ring (bicyclic) bond motifs is 2. The minimum atomic E-state index is -0.867. The molecule has 2 bridgehead atoms. The monoisotopic (exact) mass is 577 g/mol. The van der Waals surface area contributed by atoms with Crippen LogP contribution in [0, 0.1) is 23.7 Å². The molecule has 7 rings (SSSR count). The SMILES string of the molecule is COc1cccc(/C=C/C(=O)c2ccc(OCC(=O)N[C@H]3O[C@@H]4O[C@@]5(C)CC[C@H]6[C@H](C)CC[C@@H]([C@H]3C)[C@@]46OO5)cc2)c1. The maximum atomic E-state index is 13.0. The number of carbonyl (C=O) groups is 2. The van der Waals surface area contributed by atoms with Gasteiger partial charge in [0.25, 0.3) is 5.91 Å². The average Bonchev–Trinajstić information content (AvgIpc) is 3.23. The molecule has 42 heavy (non-hydrogen) atoms. The number of methoxy groups -OCH3 is 1. The van der Waals surface area contributed by atoms with Crippen LogP contribution in [0.3, 0.4) is 0 Å². The average molecular weight is 578 g/mol. The zero-order valence-electron chi connectivity index (χ0n) is 24.5. The molecule has 0 unspecified atom stereocenters. The third-order valence-electron chi connectivity index (χ3n) is 9.49. The lowest BCUT2D eigenvalue weighted by molar-refractivity contribution is -0.571. The molecule has 2 aromatic rings. The fraction of sp³-hybridized carbons (Fsp3) is 0.515. The van der Waals surface area contributed by atoms with Crippen molar-refractivity contribution in [1.82, 2.24) is 5.32 Å². The van der Waals surface area contributed by atoms with E-state index in [1.165, 1.54) is 6.08 Å². The third kappa shape index (κ3) is 5.35. The van der Waals surface area contributed by atoms with Gasteiger partial charge in [0.1, 0.15) is 17.7 Å². The number of ether oxygens (including phenoxy) is 4. The molecule has 0 radical (unpaired) electrons. The Morgan fingerprint density at radius 2 is 1.83 bits per heavy atom. The fourth-order valence-corrected chi connectivity index (χ4v) is 7.15. The Labute approximate surface area is 246 Å². The summed E-state index contributed by atoms with van der Waals surface area (Å²) in [5.74, 6) is 0.754. The Balaban J connectivity index is 1.05. The van der Waals surface area contributed by atoms with Crippen LogP contribution in [0.4, 0.5) is 0 Å². The van der Waals surface area contributed by atoms with E-state index in [1.807, 2.05) is 31.2 Å². The summed E-state index contributed by atoms with van der Waals surface area (Å²) in [6.45, 7) is 6.06. The molecule has 5 fully saturated rings. The van der Waals surface area contributed by atoms with Crippen LogP contribution in [0.5, 0.6) is 11.5 Å². The van der Waals surface area contributed by atoms with Crippen molar-refractivity contribution in [2.45, 2.75) is 70.4 Å². The maximum absolute atomic E-state index is 13.0. The third-order valence-corrected chi connectivity index (χ3v) is 9.49. The van der Waals surface area contributed by atoms with Crippen molar-refractivity contribution in [1.29, 1.82) is 0 Å². The molecule has 4 aliphatic heterocycles. The molecule has 4 saturated heterocycles. The largest absolute Gasteiger partial charge is 0.497 e. The number of ketones is 1. The van der Waals surface area contributed by atoms with E-state index in [2.05, 4.69) is 19.2 Å². The smallest absolute Gasteiger partial charge is 0.259 e. The summed E-state index contributed by atoms with van der Waals surface area (Å²) in [5, 5.41) is 3.01. The second kappa shape index (κ2) is 11.4. The van der Waals surface area contributed by atoms with Crippen LogP contribution in [0.15, 0.2) is 54.6 Å². The van der Waals surface area contributed by atoms with Gasteiger partial charge in [0, 0.05) is 23.8 Å². The van der Waals surface area contributed by atoms with Crippen LogP contribution in [0.2, 0.25) is 0 Å². The van der Waals surface area contributed by atoms with Crippen LogP contribution in [-0.4, -0.2) is 49.3 Å². The number of benzene rings is 2. The lowest BCUT2D eigenvalue weighted by Crippen LogP contribution is -2.72. The first-order valence-electron chi connectivity index (χ1n) is 14.8. The molecule has 1 saturated carbocycles. The predicted molar refractivity (Wildman–Crippen MR) is 153 cm³/mol. The van der Waals surface area contributed by atoms with Gasteiger partial charge in [0.15, 0.2) is 24.3 Å². The second-order valence-corrected chi connectivity index (χ2v) is 12.2. The van der Waals surface area contributed by atoms with E-state index in [0.29, 0.717) is 17.2 Å². The fourth-order valence-electron chi connectivity index (χ4n) is 7.15. The molecular formula is C33H39NO8. The molecule has 224 valence electrons. The van der Waals surface area contributed by atoms with Crippen molar-refractivity contribution >= 4 is 17.8 Å². The zero-order valence-corrected chi connectivity index (χ0v) is 24.5. The number of allylic oxidation sites excluding steroid dienone is 1. The van der Waals surface area contributed by atoms with E-state index in [9.17, 15) is 9.59 Å². The van der Waals surface area contributed by atoms with Crippen molar-refractivity contribution in [3.8, 4) is 11.5 Å². The van der Waals surface area contributed by atoms with Crippen molar-refractivity contribution < 1.29 is 38.3 Å². The topological polar surface area (TPSA) is 102 Å². The Hall–Kier alpha value is -3.24. The second-order valence-electron chi connectivity index (χ2n) is 12.2. The molecule has 1 spiro atoms. The van der Waals surface area contributed by atoms with Gasteiger partial charge in [-0.05, 0) is 86.1 Å². The Morgan fingerprint density at radius 3 is 2.62 bits per heavy atom. The van der Waals surface area contributed by atoms with Gasteiger partial charge in [-0.3, -0.25) is 9.59 Å². The maximum Gasteiger partial charge on any atom is 0.259 e. The number of nitrogens with one attached hydrogen (secondary N) is 1. The highest BCUT2D eigenvalue weighted by Crippen LogP contribution is 2.60. The normalized spacial score (nSPS) is 35.2. The molecule has 5 aliphatic rings. The molecule has 2 aromatic carbocycles. The summed E-state index contributed by atoms with van der Waals surface area (Å²) in [7, 11) is 1.60. The van der Waals surface area contributed by atoms with E-state index >= 15 is 0 Å². The number of carbonyl (C=O) groups excluding carboxylic acids is 2. The van der Waals surface area contributed by atoms with Crippen molar-refractivity contribution in [3.63, 3.8) is 0 Å². The Morgan fingerprint density at radius 1 is 1.02 bits per heavy atom. The van der Waals surface area contributed by atoms with Gasteiger partial charge in [-0.2, -0.15) is 0 Å². The van der Waals surface area contributed by atoms with Gasteiger partial charge in [0.05, 0.1) is 7.11 Å². The minimum Gasteiger partial charge on any atom is -0.497 e. The first-order valence-corrected chi connectivity index (χ1v) is 14.8. The molecule has 1 N–H and O–H groups in total. The lowest BCUT2D eigenvalue weighted by Gasteiger charge is -2.60. The molecule has 0 aromatic heterocycles. The van der Waals surface area contributed by atoms with E-state index in [4.69, 9.17) is 28.7 Å². The number of hydrogen-bond acceptors (Lipinski definition) is 8. The minimum absolute atomic E-state index is 0.00909. The van der Waals surface area contributed by atoms with Gasteiger partial charge >= 0.3 is 0 Å². The van der Waals surface area contributed by atoms with E-state index in [0.717, 1.165) is 37.0 Å². The molecule has 8 atom stereocenters. The number of rotatable bonds is 8. The lowest BCUT2D eigenvalue weighted by atomic mass is 9.58. The van der Waals surface area contributed by atoms with Gasteiger partial charge < -0.3 is 24.3 Å². The molecule has 1 amide bonds. The van der Waals surface area contributed by atoms with Crippen molar-refractivity contribution in [2.24, 2.45) is 23.7 Å². The molecular weight excluding hydrogens is 538 g/mol. The quantitative estimate of drug-likeness (QED) is 0.257. The van der Waals surface area contributed by atoms with Crippen LogP contribution in [0.1, 0.15) is 62.4 Å². The van der Waals surface area contributed by atoms with Crippen LogP contribution in [0.25, 0.3) is 6.08 Å². The van der Waals surface area contributed by atoms with E-state index in [1.54, 1.807) is 37.5 Å². The first kappa shape index (κ1) is 28.9. The van der Waals surface area contributed by atoms with Crippen LogP contribution >= 0.6 is 0 Å². The number of amides is 1. The summed E-state index contributed by atoms with van der Waals surface area (Å²) in [5.41, 5.74) is 0.709. The molecule has 4 heterocycles. The van der Waals surface area contributed by atoms with E-state index < -0.39 is 23.9 Å². The van der Waals surface area contributed by atoms with Gasteiger partial charge in [-0.1, -0.05) is 32.1 Å². The highest BCUT2D eigenvalue weighted by Gasteiger charge is 2.69. The first-order chi connectivity index (χ1) is 20.2. The summed E-state index contributed by atoms with van der Waals surface area (Å²) in [6.07, 6.45) is 5.82. The molecule has 9 heteroatoms. The van der Waals surface area contributed by atoms with Crippen molar-refractivity contribution in [2.75, 3.05) is 13.7 Å². The predicted octanol–water partition coefficient (Wildman–Crippen LogP) is 5.29. The highest BCUT2D eigenvalue weighted by molar-refractivity contribution is 6.06. The summed E-state index contributed by atoms with van der Waals surface area (Å²) in [6, 6.07) is 14.2. The van der Waals surface area contributed by atoms with Crippen LogP contribution < -0.4 is 14.8 Å². The standard InChI is InChI=1S/C33H39NO8/c1-20-8-14-27-21(2)30(39-31-33(27)26(20)16-17-32(3,40-31)41-42-33)34-29(36)19-38-24-12-10-23(11-13-24)28(35)15-9-22-6-5-7-25(18-22)37-4/h5-7,9-13,15,18,20-21,26-27,30-31H,8,14,16-17,19H2,1-4H3,(H,34,36)/b15-9+/t20-,21-,26+,27+,30+,31-,32-,33-/m1/s1. The van der Waals surface area contributed by atoms with E-state index in [-0.39, 0.29) is 36.1 Å². The Kier molecular flexibility index (Phi) is 7.87. The summed E-state index contributed by atoms with van der Waals surface area (Å²) in [4.78, 5) is 37.6. The highest BCUT2D eigenvalue weighted by atomic mass is 17.3. The molecule has 1 aliphatic carbocycles. The zero-order chi connectivity index (χ0) is 29.5. The summed E-state index contributed by atoms with van der Waals surface area (Å²) < 4.78 is 23.7.